The first kappa shape index (κ1) is 23.7. The summed E-state index contributed by atoms with van der Waals surface area (Å²) in [6.07, 6.45) is -0.569. The van der Waals surface area contributed by atoms with Gasteiger partial charge in [0.25, 0.3) is 0 Å². The number of ether oxygens (including phenoxy) is 1. The first-order valence-corrected chi connectivity index (χ1v) is 12.3. The predicted molar refractivity (Wildman–Crippen MR) is 140 cm³/mol. The van der Waals surface area contributed by atoms with Crippen LogP contribution < -0.4 is 16.0 Å². The van der Waals surface area contributed by atoms with Crippen molar-refractivity contribution in [3.05, 3.63) is 88.9 Å². The highest BCUT2D eigenvalue weighted by Gasteiger charge is 2.22. The molecule has 0 saturated carbocycles. The standard InChI is InChI=1S/C28H30N4O4/c1-2-29-27(33)35-20-32-25-13-7-12-24(26(25)36-28(32)34)31-16-14-30(15-17-31)19-21-8-6-11-23(18-21)22-9-4-3-5-10-22/h3-13,18H,2,14-17,19-20H2,1H3,(H,29,33). The maximum Gasteiger partial charge on any atom is 0.422 e. The fourth-order valence-corrected chi connectivity index (χ4v) is 4.65. The Hall–Kier alpha value is -4.04. The number of piperazine rings is 1. The van der Waals surface area contributed by atoms with Crippen LogP contribution in [0.3, 0.4) is 0 Å². The van der Waals surface area contributed by atoms with Crippen LogP contribution in [0, 0.1) is 0 Å². The average Bonchev–Trinajstić information content (AvgIpc) is 3.24. The molecule has 3 aromatic carbocycles. The molecule has 8 nitrogen and oxygen atoms in total. The van der Waals surface area contributed by atoms with E-state index in [2.05, 4.69) is 63.6 Å². The van der Waals surface area contributed by atoms with Gasteiger partial charge in [-0.05, 0) is 41.8 Å². The Morgan fingerprint density at radius 3 is 2.47 bits per heavy atom. The maximum absolute atomic E-state index is 12.5. The van der Waals surface area contributed by atoms with Gasteiger partial charge in [-0.15, -0.1) is 0 Å². The Morgan fingerprint density at radius 2 is 1.69 bits per heavy atom. The van der Waals surface area contributed by atoms with Gasteiger partial charge in [0.15, 0.2) is 12.3 Å². The molecule has 1 aliphatic heterocycles. The van der Waals surface area contributed by atoms with Crippen molar-refractivity contribution in [3.63, 3.8) is 0 Å². The third-order valence-electron chi connectivity index (χ3n) is 6.47. The van der Waals surface area contributed by atoms with E-state index < -0.39 is 11.8 Å². The Kier molecular flexibility index (Phi) is 7.04. The summed E-state index contributed by atoms with van der Waals surface area (Å²) in [5.74, 6) is -0.543. The van der Waals surface area contributed by atoms with Gasteiger partial charge in [-0.3, -0.25) is 4.90 Å². The van der Waals surface area contributed by atoms with E-state index in [1.165, 1.54) is 21.3 Å². The van der Waals surface area contributed by atoms with Gasteiger partial charge in [0.05, 0.1) is 11.2 Å². The number of para-hydroxylation sites is 1. The van der Waals surface area contributed by atoms with Crippen molar-refractivity contribution in [3.8, 4) is 11.1 Å². The monoisotopic (exact) mass is 486 g/mol. The number of aromatic nitrogens is 1. The lowest BCUT2D eigenvalue weighted by Gasteiger charge is -2.36. The van der Waals surface area contributed by atoms with Gasteiger partial charge in [0, 0.05) is 39.3 Å². The Labute approximate surface area is 209 Å². The van der Waals surface area contributed by atoms with Crippen LogP contribution in [0.15, 0.2) is 82.0 Å². The lowest BCUT2D eigenvalue weighted by atomic mass is 10.0. The van der Waals surface area contributed by atoms with E-state index >= 15 is 0 Å². The highest BCUT2D eigenvalue weighted by Crippen LogP contribution is 2.28. The van der Waals surface area contributed by atoms with E-state index in [0.717, 1.165) is 38.4 Å². The third kappa shape index (κ3) is 5.13. The largest absolute Gasteiger partial charge is 0.428 e. The number of alkyl carbamates (subject to hydrolysis) is 1. The van der Waals surface area contributed by atoms with Crippen molar-refractivity contribution in [2.45, 2.75) is 20.2 Å². The molecule has 2 heterocycles. The van der Waals surface area contributed by atoms with Crippen molar-refractivity contribution < 1.29 is 13.9 Å². The highest BCUT2D eigenvalue weighted by molar-refractivity contribution is 5.87. The van der Waals surface area contributed by atoms with Crippen molar-refractivity contribution in [1.29, 1.82) is 0 Å². The number of nitrogens with one attached hydrogen (secondary N) is 1. The van der Waals surface area contributed by atoms with Crippen LogP contribution in [0.5, 0.6) is 0 Å². The van der Waals surface area contributed by atoms with Gasteiger partial charge in [-0.25, -0.2) is 14.2 Å². The van der Waals surface area contributed by atoms with Crippen LogP contribution >= 0.6 is 0 Å². The number of nitrogens with zero attached hydrogens (tertiary/aromatic N) is 3. The fourth-order valence-electron chi connectivity index (χ4n) is 4.65. The summed E-state index contributed by atoms with van der Waals surface area (Å²) in [6.45, 7) is 6.39. The molecule has 1 fully saturated rings. The minimum atomic E-state index is -0.569. The molecule has 0 bridgehead atoms. The SMILES string of the molecule is CCNC(=O)OCn1c(=O)oc2c(N3CCN(Cc4cccc(-c5ccccc5)c4)CC3)cccc21. The van der Waals surface area contributed by atoms with E-state index in [9.17, 15) is 9.59 Å². The number of carbonyl (C=O) groups is 1. The summed E-state index contributed by atoms with van der Waals surface area (Å²) in [5.41, 5.74) is 5.76. The van der Waals surface area contributed by atoms with Gasteiger partial charge in [-0.1, -0.05) is 54.6 Å². The number of anilines is 1. The Balaban J connectivity index is 1.25. The van der Waals surface area contributed by atoms with Gasteiger partial charge in [-0.2, -0.15) is 0 Å². The third-order valence-corrected chi connectivity index (χ3v) is 6.47. The molecule has 36 heavy (non-hydrogen) atoms. The normalized spacial score (nSPS) is 14.2. The lowest BCUT2D eigenvalue weighted by Crippen LogP contribution is -2.46. The summed E-state index contributed by atoms with van der Waals surface area (Å²) in [7, 11) is 0. The van der Waals surface area contributed by atoms with E-state index in [0.29, 0.717) is 17.6 Å². The van der Waals surface area contributed by atoms with Crippen LogP contribution in [0.2, 0.25) is 0 Å². The Bertz CT molecular complexity index is 1390. The van der Waals surface area contributed by atoms with E-state index in [1.54, 1.807) is 13.0 Å². The summed E-state index contributed by atoms with van der Waals surface area (Å²) in [4.78, 5) is 28.8. The Morgan fingerprint density at radius 1 is 0.944 bits per heavy atom. The number of benzene rings is 3. The minimum Gasteiger partial charge on any atom is -0.428 e. The van der Waals surface area contributed by atoms with Gasteiger partial charge in [0.1, 0.15) is 0 Å². The number of rotatable bonds is 7. The molecule has 5 rings (SSSR count). The maximum atomic E-state index is 12.5. The molecule has 1 saturated heterocycles. The minimum absolute atomic E-state index is 0.197. The zero-order valence-electron chi connectivity index (χ0n) is 20.4. The first-order valence-electron chi connectivity index (χ1n) is 12.3. The number of carbonyl (C=O) groups excluding carboxylic acids is 1. The molecular formula is C28H30N4O4. The smallest absolute Gasteiger partial charge is 0.422 e. The van der Waals surface area contributed by atoms with E-state index in [1.807, 2.05) is 18.2 Å². The molecule has 1 aliphatic rings. The van der Waals surface area contributed by atoms with Gasteiger partial charge in [0.2, 0.25) is 0 Å². The molecule has 186 valence electrons. The van der Waals surface area contributed by atoms with Crippen LogP contribution in [0.4, 0.5) is 10.5 Å². The molecular weight excluding hydrogens is 456 g/mol. The molecule has 1 N–H and O–H groups in total. The number of fused-ring (bicyclic) bond motifs is 1. The molecule has 8 heteroatoms. The molecule has 1 amide bonds. The van der Waals surface area contributed by atoms with Crippen LogP contribution in [-0.2, 0) is 18.0 Å². The number of hydrogen-bond donors (Lipinski definition) is 1. The second-order valence-corrected chi connectivity index (χ2v) is 8.84. The number of amides is 1. The van der Waals surface area contributed by atoms with Gasteiger partial charge < -0.3 is 19.4 Å². The number of hydrogen-bond acceptors (Lipinski definition) is 6. The molecule has 0 radical (unpaired) electrons. The van der Waals surface area contributed by atoms with Crippen molar-refractivity contribution >= 4 is 22.9 Å². The summed E-state index contributed by atoms with van der Waals surface area (Å²) < 4.78 is 12.1. The molecule has 0 atom stereocenters. The van der Waals surface area contributed by atoms with E-state index in [-0.39, 0.29) is 6.73 Å². The van der Waals surface area contributed by atoms with Crippen molar-refractivity contribution in [2.24, 2.45) is 0 Å². The summed E-state index contributed by atoms with van der Waals surface area (Å²) in [5, 5.41) is 2.55. The van der Waals surface area contributed by atoms with Crippen LogP contribution in [-0.4, -0.2) is 48.3 Å². The quantitative estimate of drug-likeness (QED) is 0.420. The summed E-state index contributed by atoms with van der Waals surface area (Å²) in [6, 6.07) is 24.8. The molecule has 0 spiro atoms. The topological polar surface area (TPSA) is 79.9 Å². The molecule has 4 aromatic rings. The number of oxazole rings is 1. The first-order chi connectivity index (χ1) is 17.6. The lowest BCUT2D eigenvalue weighted by molar-refractivity contribution is 0.113. The zero-order valence-corrected chi connectivity index (χ0v) is 20.4. The van der Waals surface area contributed by atoms with Crippen LogP contribution in [0.25, 0.3) is 22.2 Å². The zero-order chi connectivity index (χ0) is 24.9. The fraction of sp³-hybridized carbons (Fsp3) is 0.286. The predicted octanol–water partition coefficient (Wildman–Crippen LogP) is 4.29. The summed E-state index contributed by atoms with van der Waals surface area (Å²) >= 11 is 0. The van der Waals surface area contributed by atoms with Crippen LogP contribution in [0.1, 0.15) is 12.5 Å². The molecule has 1 aromatic heterocycles. The highest BCUT2D eigenvalue weighted by atomic mass is 16.6. The molecule has 0 aliphatic carbocycles. The second kappa shape index (κ2) is 10.7. The second-order valence-electron chi connectivity index (χ2n) is 8.84. The molecule has 0 unspecified atom stereocenters. The van der Waals surface area contributed by atoms with Gasteiger partial charge >= 0.3 is 11.8 Å². The van der Waals surface area contributed by atoms with E-state index in [4.69, 9.17) is 9.15 Å². The average molecular weight is 487 g/mol. The van der Waals surface area contributed by atoms with Crippen molar-refractivity contribution in [1.82, 2.24) is 14.8 Å². The van der Waals surface area contributed by atoms with Crippen molar-refractivity contribution in [2.75, 3.05) is 37.6 Å².